The molecule has 6 heteroatoms. The highest BCUT2D eigenvalue weighted by atomic mass is 16.5. The Labute approximate surface area is 158 Å². The van der Waals surface area contributed by atoms with E-state index < -0.39 is 0 Å². The molecule has 3 rings (SSSR count). The monoisotopic (exact) mass is 368 g/mol. The van der Waals surface area contributed by atoms with E-state index in [1.807, 2.05) is 31.2 Å². The molecule has 0 fully saturated rings. The summed E-state index contributed by atoms with van der Waals surface area (Å²) in [7, 11) is 0. The third-order valence-electron chi connectivity index (χ3n) is 4.38. The normalized spacial score (nSPS) is 15.2. The van der Waals surface area contributed by atoms with E-state index in [0.717, 1.165) is 17.7 Å². The van der Waals surface area contributed by atoms with Crippen LogP contribution < -0.4 is 20.1 Å². The minimum atomic E-state index is -0.289. The smallest absolute Gasteiger partial charge is 0.251 e. The van der Waals surface area contributed by atoms with Gasteiger partial charge in [-0.2, -0.15) is 0 Å². The molecule has 2 aromatic rings. The molecule has 0 spiro atoms. The van der Waals surface area contributed by atoms with Crippen molar-refractivity contribution >= 4 is 11.8 Å². The van der Waals surface area contributed by atoms with Gasteiger partial charge < -0.3 is 20.1 Å². The number of carbonyl (C=O) groups excluding carboxylic acids is 2. The molecule has 0 radical (unpaired) electrons. The second-order valence-electron chi connectivity index (χ2n) is 6.43. The lowest BCUT2D eigenvalue weighted by Crippen LogP contribution is -2.40. The van der Waals surface area contributed by atoms with Gasteiger partial charge in [-0.25, -0.2) is 0 Å². The molecule has 142 valence electrons. The Morgan fingerprint density at radius 1 is 1.11 bits per heavy atom. The van der Waals surface area contributed by atoms with Crippen LogP contribution in [0.15, 0.2) is 48.5 Å². The van der Waals surface area contributed by atoms with E-state index in [1.54, 1.807) is 24.3 Å². The van der Waals surface area contributed by atoms with Crippen molar-refractivity contribution in [3.05, 3.63) is 59.7 Å². The summed E-state index contributed by atoms with van der Waals surface area (Å²) in [5, 5.41) is 5.49. The quantitative estimate of drug-likeness (QED) is 0.785. The van der Waals surface area contributed by atoms with Gasteiger partial charge in [-0.05, 0) is 49.2 Å². The zero-order chi connectivity index (χ0) is 19.1. The average Bonchev–Trinajstić information content (AvgIpc) is 2.71. The Morgan fingerprint density at radius 3 is 2.67 bits per heavy atom. The van der Waals surface area contributed by atoms with Crippen molar-refractivity contribution in [2.75, 3.05) is 26.3 Å². The minimum absolute atomic E-state index is 0.0593. The summed E-state index contributed by atoms with van der Waals surface area (Å²) >= 11 is 0. The molecule has 1 heterocycles. The maximum Gasteiger partial charge on any atom is 0.251 e. The van der Waals surface area contributed by atoms with Crippen molar-refractivity contribution in [1.29, 1.82) is 0 Å². The van der Waals surface area contributed by atoms with Gasteiger partial charge in [0.1, 0.15) is 11.5 Å². The van der Waals surface area contributed by atoms with Crippen LogP contribution in [0.2, 0.25) is 0 Å². The van der Waals surface area contributed by atoms with E-state index in [0.29, 0.717) is 31.1 Å². The zero-order valence-corrected chi connectivity index (χ0v) is 15.4. The summed E-state index contributed by atoms with van der Waals surface area (Å²) in [6, 6.07) is 14.8. The SMILES string of the molecule is CCOc1ccc(C(=O)NCC(=O)NCC2COc3ccccc3C2)cc1. The van der Waals surface area contributed by atoms with Gasteiger partial charge in [-0.1, -0.05) is 18.2 Å². The van der Waals surface area contributed by atoms with Crippen molar-refractivity contribution in [2.24, 2.45) is 5.92 Å². The molecule has 0 bridgehead atoms. The fourth-order valence-electron chi connectivity index (χ4n) is 2.97. The fourth-order valence-corrected chi connectivity index (χ4v) is 2.97. The van der Waals surface area contributed by atoms with Crippen molar-refractivity contribution in [2.45, 2.75) is 13.3 Å². The van der Waals surface area contributed by atoms with E-state index in [4.69, 9.17) is 9.47 Å². The second-order valence-corrected chi connectivity index (χ2v) is 6.43. The summed E-state index contributed by atoms with van der Waals surface area (Å²) < 4.78 is 11.1. The molecule has 1 atom stereocenters. The lowest BCUT2D eigenvalue weighted by molar-refractivity contribution is -0.120. The Bertz CT molecular complexity index is 789. The highest BCUT2D eigenvalue weighted by Gasteiger charge is 2.20. The molecule has 0 aromatic heterocycles. The largest absolute Gasteiger partial charge is 0.494 e. The molecular weight excluding hydrogens is 344 g/mol. The van der Waals surface area contributed by atoms with Crippen LogP contribution in [0.3, 0.4) is 0 Å². The van der Waals surface area contributed by atoms with Crippen LogP contribution in [0.1, 0.15) is 22.8 Å². The number of fused-ring (bicyclic) bond motifs is 1. The first-order valence-electron chi connectivity index (χ1n) is 9.14. The van der Waals surface area contributed by atoms with Gasteiger partial charge in [0, 0.05) is 18.0 Å². The van der Waals surface area contributed by atoms with Gasteiger partial charge in [0.05, 0.1) is 19.8 Å². The molecule has 2 amide bonds. The average molecular weight is 368 g/mol. The molecule has 2 aromatic carbocycles. The second kappa shape index (κ2) is 9.07. The van der Waals surface area contributed by atoms with Gasteiger partial charge in [0.25, 0.3) is 5.91 Å². The van der Waals surface area contributed by atoms with Crippen LogP contribution >= 0.6 is 0 Å². The van der Waals surface area contributed by atoms with Crippen molar-refractivity contribution in [1.82, 2.24) is 10.6 Å². The van der Waals surface area contributed by atoms with Crippen LogP contribution in [0.25, 0.3) is 0 Å². The van der Waals surface area contributed by atoms with Crippen LogP contribution in [0, 0.1) is 5.92 Å². The number of hydrogen-bond acceptors (Lipinski definition) is 4. The maximum atomic E-state index is 12.1. The lowest BCUT2D eigenvalue weighted by atomic mass is 9.97. The third-order valence-corrected chi connectivity index (χ3v) is 4.38. The van der Waals surface area contributed by atoms with Gasteiger partial charge in [0.2, 0.25) is 5.91 Å². The molecule has 1 aliphatic heterocycles. The zero-order valence-electron chi connectivity index (χ0n) is 15.4. The first-order chi connectivity index (χ1) is 13.2. The van der Waals surface area contributed by atoms with Gasteiger partial charge >= 0.3 is 0 Å². The highest BCUT2D eigenvalue weighted by Crippen LogP contribution is 2.26. The molecule has 0 saturated carbocycles. The van der Waals surface area contributed by atoms with E-state index in [1.165, 1.54) is 0 Å². The Hall–Kier alpha value is -3.02. The Balaban J connectivity index is 1.40. The number of carbonyl (C=O) groups is 2. The highest BCUT2D eigenvalue weighted by molar-refractivity contribution is 5.96. The summed E-state index contributed by atoms with van der Waals surface area (Å²) in [5.41, 5.74) is 1.65. The predicted octanol–water partition coefficient (Wildman–Crippen LogP) is 2.18. The standard InChI is InChI=1S/C21H24N2O4/c1-2-26-18-9-7-16(8-10-18)21(25)23-13-20(24)22-12-15-11-17-5-3-4-6-19(17)27-14-15/h3-10,15H,2,11-14H2,1H3,(H,22,24)(H,23,25). The molecule has 1 unspecified atom stereocenters. The van der Waals surface area contributed by atoms with Crippen molar-refractivity contribution < 1.29 is 19.1 Å². The Morgan fingerprint density at radius 2 is 1.89 bits per heavy atom. The topological polar surface area (TPSA) is 76.7 Å². The molecule has 6 nitrogen and oxygen atoms in total. The molecular formula is C21H24N2O4. The van der Waals surface area contributed by atoms with E-state index in [9.17, 15) is 9.59 Å². The van der Waals surface area contributed by atoms with E-state index in [2.05, 4.69) is 10.6 Å². The lowest BCUT2D eigenvalue weighted by Gasteiger charge is -2.25. The van der Waals surface area contributed by atoms with Crippen LogP contribution in [-0.4, -0.2) is 38.1 Å². The first-order valence-corrected chi connectivity index (χ1v) is 9.14. The van der Waals surface area contributed by atoms with Crippen LogP contribution in [0.5, 0.6) is 11.5 Å². The van der Waals surface area contributed by atoms with E-state index >= 15 is 0 Å². The fraction of sp³-hybridized carbons (Fsp3) is 0.333. The third kappa shape index (κ3) is 5.23. The van der Waals surface area contributed by atoms with Gasteiger partial charge in [0.15, 0.2) is 0 Å². The number of amides is 2. The number of nitrogens with one attached hydrogen (secondary N) is 2. The van der Waals surface area contributed by atoms with E-state index in [-0.39, 0.29) is 24.3 Å². The number of ether oxygens (including phenoxy) is 2. The molecule has 27 heavy (non-hydrogen) atoms. The first kappa shape index (κ1) is 18.8. The molecule has 0 aliphatic carbocycles. The molecule has 0 saturated heterocycles. The maximum absolute atomic E-state index is 12.1. The van der Waals surface area contributed by atoms with Crippen LogP contribution in [0.4, 0.5) is 0 Å². The summed E-state index contributed by atoms with van der Waals surface area (Å²) in [6.07, 6.45) is 0.870. The predicted molar refractivity (Wildman–Crippen MR) is 102 cm³/mol. The number of hydrogen-bond donors (Lipinski definition) is 2. The Kier molecular flexibility index (Phi) is 6.30. The van der Waals surface area contributed by atoms with Crippen molar-refractivity contribution in [3.8, 4) is 11.5 Å². The van der Waals surface area contributed by atoms with Gasteiger partial charge in [-0.15, -0.1) is 0 Å². The van der Waals surface area contributed by atoms with Gasteiger partial charge in [-0.3, -0.25) is 9.59 Å². The summed E-state index contributed by atoms with van der Waals surface area (Å²) in [5.74, 6) is 1.35. The van der Waals surface area contributed by atoms with Crippen molar-refractivity contribution in [3.63, 3.8) is 0 Å². The van der Waals surface area contributed by atoms with Crippen LogP contribution in [-0.2, 0) is 11.2 Å². The number of benzene rings is 2. The number of rotatable bonds is 7. The summed E-state index contributed by atoms with van der Waals surface area (Å²) in [6.45, 7) is 3.51. The summed E-state index contributed by atoms with van der Waals surface area (Å²) in [4.78, 5) is 24.1. The number of para-hydroxylation sites is 1. The molecule has 2 N–H and O–H groups in total. The minimum Gasteiger partial charge on any atom is -0.494 e. The molecule has 1 aliphatic rings.